The van der Waals surface area contributed by atoms with Gasteiger partial charge < -0.3 is 4.90 Å². The van der Waals surface area contributed by atoms with Gasteiger partial charge in [0.25, 0.3) is 0 Å². The van der Waals surface area contributed by atoms with Gasteiger partial charge in [0.2, 0.25) is 0 Å². The van der Waals surface area contributed by atoms with Crippen molar-refractivity contribution >= 4 is 21.7 Å². The molecule has 1 aliphatic heterocycles. The summed E-state index contributed by atoms with van der Waals surface area (Å²) < 4.78 is 1.05. The van der Waals surface area contributed by atoms with E-state index < -0.39 is 0 Å². The second-order valence-corrected chi connectivity index (χ2v) is 4.43. The lowest BCUT2D eigenvalue weighted by molar-refractivity contribution is 0.396. The number of pyridine rings is 1. The van der Waals surface area contributed by atoms with Crippen LogP contribution in [0.4, 0.5) is 5.82 Å². The lowest BCUT2D eigenvalue weighted by atomic mass is 9.97. The molecule has 2 rings (SSSR count). The van der Waals surface area contributed by atoms with Crippen LogP contribution in [0, 0.1) is 5.92 Å². The first-order valence-electron chi connectivity index (χ1n) is 4.66. The van der Waals surface area contributed by atoms with Crippen molar-refractivity contribution in [2.45, 2.75) is 13.3 Å². The first-order valence-corrected chi connectivity index (χ1v) is 5.45. The molecule has 13 heavy (non-hydrogen) atoms. The zero-order chi connectivity index (χ0) is 9.26. The molecule has 1 aromatic heterocycles. The van der Waals surface area contributed by atoms with Gasteiger partial charge in [0.15, 0.2) is 0 Å². The molecule has 1 saturated heterocycles. The SMILES string of the molecule is CCC1CN(c2ccc(Br)cn2)C1. The van der Waals surface area contributed by atoms with Crippen molar-refractivity contribution in [1.82, 2.24) is 4.98 Å². The van der Waals surface area contributed by atoms with Crippen molar-refractivity contribution in [1.29, 1.82) is 0 Å². The highest BCUT2D eigenvalue weighted by Crippen LogP contribution is 2.25. The summed E-state index contributed by atoms with van der Waals surface area (Å²) in [5.74, 6) is 1.98. The number of aromatic nitrogens is 1. The Morgan fingerprint density at radius 3 is 2.85 bits per heavy atom. The highest BCUT2D eigenvalue weighted by molar-refractivity contribution is 9.10. The molecule has 0 saturated carbocycles. The summed E-state index contributed by atoms with van der Waals surface area (Å²) >= 11 is 3.38. The highest BCUT2D eigenvalue weighted by atomic mass is 79.9. The van der Waals surface area contributed by atoms with Crippen molar-refractivity contribution in [3.05, 3.63) is 22.8 Å². The van der Waals surface area contributed by atoms with Crippen LogP contribution in [-0.4, -0.2) is 18.1 Å². The fraction of sp³-hybridized carbons (Fsp3) is 0.500. The topological polar surface area (TPSA) is 16.1 Å². The molecule has 0 atom stereocenters. The molecule has 1 aliphatic rings. The lowest BCUT2D eigenvalue weighted by Gasteiger charge is -2.39. The standard InChI is InChI=1S/C10H13BrN2/c1-2-8-6-13(7-8)10-4-3-9(11)5-12-10/h3-5,8H,2,6-7H2,1H3. The third-order valence-corrected chi connectivity index (χ3v) is 3.04. The molecule has 2 heterocycles. The maximum Gasteiger partial charge on any atom is 0.128 e. The van der Waals surface area contributed by atoms with E-state index in [0.29, 0.717) is 0 Å². The summed E-state index contributed by atoms with van der Waals surface area (Å²) in [4.78, 5) is 6.67. The lowest BCUT2D eigenvalue weighted by Crippen LogP contribution is -2.46. The fourth-order valence-electron chi connectivity index (χ4n) is 1.57. The van der Waals surface area contributed by atoms with Crippen LogP contribution in [0.5, 0.6) is 0 Å². The number of hydrogen-bond donors (Lipinski definition) is 0. The van der Waals surface area contributed by atoms with Gasteiger partial charge in [0.05, 0.1) is 0 Å². The van der Waals surface area contributed by atoms with Crippen LogP contribution in [0.3, 0.4) is 0 Å². The predicted octanol–water partition coefficient (Wildman–Crippen LogP) is 2.69. The van der Waals surface area contributed by atoms with Gasteiger partial charge in [-0.2, -0.15) is 0 Å². The third-order valence-electron chi connectivity index (χ3n) is 2.57. The Morgan fingerprint density at radius 2 is 2.31 bits per heavy atom. The molecule has 0 aliphatic carbocycles. The van der Waals surface area contributed by atoms with E-state index in [2.05, 4.69) is 38.8 Å². The predicted molar refractivity (Wildman–Crippen MR) is 57.9 cm³/mol. The van der Waals surface area contributed by atoms with E-state index >= 15 is 0 Å². The number of nitrogens with zero attached hydrogens (tertiary/aromatic N) is 2. The first-order chi connectivity index (χ1) is 6.29. The minimum absolute atomic E-state index is 0.880. The van der Waals surface area contributed by atoms with Crippen molar-refractivity contribution in [2.24, 2.45) is 5.92 Å². The zero-order valence-electron chi connectivity index (χ0n) is 7.70. The van der Waals surface area contributed by atoms with Gasteiger partial charge in [-0.1, -0.05) is 6.92 Å². The molecular weight excluding hydrogens is 228 g/mol. The van der Waals surface area contributed by atoms with E-state index in [-0.39, 0.29) is 0 Å². The first kappa shape index (κ1) is 9.00. The maximum absolute atomic E-state index is 4.35. The maximum atomic E-state index is 4.35. The van der Waals surface area contributed by atoms with Gasteiger partial charge in [0, 0.05) is 23.8 Å². The Balaban J connectivity index is 1.99. The van der Waals surface area contributed by atoms with E-state index in [9.17, 15) is 0 Å². The smallest absolute Gasteiger partial charge is 0.128 e. The minimum Gasteiger partial charge on any atom is -0.356 e. The summed E-state index contributed by atoms with van der Waals surface area (Å²) in [5.41, 5.74) is 0. The molecule has 1 fully saturated rings. The molecule has 0 amide bonds. The van der Waals surface area contributed by atoms with E-state index in [1.165, 1.54) is 19.5 Å². The number of halogens is 1. The Kier molecular flexibility index (Phi) is 2.54. The average Bonchev–Trinajstić information content (AvgIpc) is 2.06. The monoisotopic (exact) mass is 240 g/mol. The number of anilines is 1. The molecule has 0 N–H and O–H groups in total. The quantitative estimate of drug-likeness (QED) is 0.791. The van der Waals surface area contributed by atoms with Gasteiger partial charge in [-0.25, -0.2) is 4.98 Å². The second kappa shape index (κ2) is 3.66. The van der Waals surface area contributed by atoms with Gasteiger partial charge in [-0.3, -0.25) is 0 Å². The molecule has 0 bridgehead atoms. The van der Waals surface area contributed by atoms with Crippen molar-refractivity contribution in [3.8, 4) is 0 Å². The van der Waals surface area contributed by atoms with Crippen LogP contribution in [0.25, 0.3) is 0 Å². The molecule has 3 heteroatoms. The van der Waals surface area contributed by atoms with Crippen LogP contribution >= 0.6 is 15.9 Å². The molecular formula is C10H13BrN2. The van der Waals surface area contributed by atoms with Crippen LogP contribution in [0.1, 0.15) is 13.3 Å². The summed E-state index contributed by atoms with van der Waals surface area (Å²) in [7, 11) is 0. The van der Waals surface area contributed by atoms with Gasteiger partial charge in [-0.05, 0) is 40.4 Å². The Bertz CT molecular complexity index is 277. The van der Waals surface area contributed by atoms with Crippen LogP contribution in [-0.2, 0) is 0 Å². The molecule has 70 valence electrons. The van der Waals surface area contributed by atoms with Crippen LogP contribution in [0.15, 0.2) is 22.8 Å². The Morgan fingerprint density at radius 1 is 1.54 bits per heavy atom. The van der Waals surface area contributed by atoms with Crippen molar-refractivity contribution in [3.63, 3.8) is 0 Å². The third kappa shape index (κ3) is 1.85. The Labute approximate surface area is 87.1 Å². The second-order valence-electron chi connectivity index (χ2n) is 3.51. The van der Waals surface area contributed by atoms with Crippen LogP contribution < -0.4 is 4.90 Å². The zero-order valence-corrected chi connectivity index (χ0v) is 9.29. The largest absolute Gasteiger partial charge is 0.356 e. The normalized spacial score (nSPS) is 17.2. The number of rotatable bonds is 2. The summed E-state index contributed by atoms with van der Waals surface area (Å²) in [6.45, 7) is 4.59. The van der Waals surface area contributed by atoms with Gasteiger partial charge >= 0.3 is 0 Å². The molecule has 2 nitrogen and oxygen atoms in total. The molecule has 0 spiro atoms. The number of hydrogen-bond acceptors (Lipinski definition) is 2. The van der Waals surface area contributed by atoms with Gasteiger partial charge in [-0.15, -0.1) is 0 Å². The molecule has 1 aromatic rings. The average molecular weight is 241 g/mol. The van der Waals surface area contributed by atoms with Crippen molar-refractivity contribution < 1.29 is 0 Å². The molecule has 0 unspecified atom stereocenters. The molecule has 0 aromatic carbocycles. The Hall–Kier alpha value is -0.570. The summed E-state index contributed by atoms with van der Waals surface area (Å²) in [5, 5.41) is 0. The fourth-order valence-corrected chi connectivity index (χ4v) is 1.80. The van der Waals surface area contributed by atoms with E-state index in [1.54, 1.807) is 0 Å². The van der Waals surface area contributed by atoms with E-state index in [0.717, 1.165) is 16.2 Å². The van der Waals surface area contributed by atoms with Crippen molar-refractivity contribution in [2.75, 3.05) is 18.0 Å². The van der Waals surface area contributed by atoms with E-state index in [4.69, 9.17) is 0 Å². The van der Waals surface area contributed by atoms with Gasteiger partial charge in [0.1, 0.15) is 5.82 Å². The van der Waals surface area contributed by atoms with Crippen LogP contribution in [0.2, 0.25) is 0 Å². The highest BCUT2D eigenvalue weighted by Gasteiger charge is 2.25. The minimum atomic E-state index is 0.880. The summed E-state index contributed by atoms with van der Waals surface area (Å²) in [6, 6.07) is 4.11. The summed E-state index contributed by atoms with van der Waals surface area (Å²) in [6.07, 6.45) is 3.14. The van der Waals surface area contributed by atoms with E-state index in [1.807, 2.05) is 12.3 Å². The molecule has 0 radical (unpaired) electrons.